The summed E-state index contributed by atoms with van der Waals surface area (Å²) >= 11 is 0. The first-order valence-electron chi connectivity index (χ1n) is 10.9. The highest BCUT2D eigenvalue weighted by Crippen LogP contribution is 2.57. The number of nitrogens with zero attached hydrogens (tertiary/aromatic N) is 2. The minimum atomic E-state index is 0.740. The van der Waals surface area contributed by atoms with Gasteiger partial charge in [0.1, 0.15) is 0 Å². The molecule has 0 aromatic rings. The highest BCUT2D eigenvalue weighted by molar-refractivity contribution is 5.04. The molecule has 0 amide bonds. The Labute approximate surface area is 150 Å². The molecule has 0 N–H and O–H groups in total. The summed E-state index contributed by atoms with van der Waals surface area (Å²) in [5, 5.41) is 0. The molecule has 138 valence electrons. The second-order valence-corrected chi connectivity index (χ2v) is 10.6. The van der Waals surface area contributed by atoms with Crippen molar-refractivity contribution in [2.75, 3.05) is 26.2 Å². The van der Waals surface area contributed by atoms with Crippen molar-refractivity contribution in [2.24, 2.45) is 22.7 Å². The fraction of sp³-hybridized carbons (Fsp3) is 1.00. The zero-order valence-corrected chi connectivity index (χ0v) is 16.7. The van der Waals surface area contributed by atoms with Crippen LogP contribution in [0.25, 0.3) is 0 Å². The van der Waals surface area contributed by atoms with Crippen LogP contribution in [0, 0.1) is 22.7 Å². The van der Waals surface area contributed by atoms with Crippen LogP contribution in [0.4, 0.5) is 0 Å². The monoisotopic (exact) mass is 332 g/mol. The molecule has 0 aromatic heterocycles. The number of hydrogen-bond donors (Lipinski definition) is 0. The summed E-state index contributed by atoms with van der Waals surface area (Å²) in [7, 11) is 0. The minimum absolute atomic E-state index is 0.740. The fourth-order valence-corrected chi connectivity index (χ4v) is 6.42. The van der Waals surface area contributed by atoms with E-state index in [9.17, 15) is 0 Å². The van der Waals surface area contributed by atoms with Gasteiger partial charge in [0.25, 0.3) is 0 Å². The Hall–Kier alpha value is -0.0800. The molecule has 0 aromatic carbocycles. The third-order valence-electron chi connectivity index (χ3n) is 8.63. The van der Waals surface area contributed by atoms with Crippen LogP contribution in [0.3, 0.4) is 0 Å². The fourth-order valence-electron chi connectivity index (χ4n) is 6.42. The molecule has 24 heavy (non-hydrogen) atoms. The summed E-state index contributed by atoms with van der Waals surface area (Å²) in [4.78, 5) is 5.57. The molecule has 2 aliphatic carbocycles. The lowest BCUT2D eigenvalue weighted by Gasteiger charge is -2.59. The lowest BCUT2D eigenvalue weighted by Crippen LogP contribution is -2.58. The summed E-state index contributed by atoms with van der Waals surface area (Å²) in [6.07, 6.45) is 12.0. The molecule has 0 radical (unpaired) electrons. The van der Waals surface area contributed by atoms with E-state index < -0.39 is 0 Å². The van der Waals surface area contributed by atoms with Crippen LogP contribution in [0.1, 0.15) is 79.1 Å². The van der Waals surface area contributed by atoms with Crippen molar-refractivity contribution in [3.8, 4) is 0 Å². The van der Waals surface area contributed by atoms with Crippen molar-refractivity contribution < 1.29 is 0 Å². The van der Waals surface area contributed by atoms with Crippen LogP contribution >= 0.6 is 0 Å². The van der Waals surface area contributed by atoms with Gasteiger partial charge in [-0.2, -0.15) is 0 Å². The van der Waals surface area contributed by atoms with Crippen molar-refractivity contribution in [3.63, 3.8) is 0 Å². The molecule has 2 heteroatoms. The second-order valence-electron chi connectivity index (χ2n) is 10.6. The number of hydrogen-bond acceptors (Lipinski definition) is 2. The van der Waals surface area contributed by atoms with E-state index in [1.165, 1.54) is 77.5 Å². The largest absolute Gasteiger partial charge is 0.301 e. The Morgan fingerprint density at radius 2 is 1.21 bits per heavy atom. The van der Waals surface area contributed by atoms with Crippen LogP contribution in [0.15, 0.2) is 0 Å². The molecule has 2 spiro atoms. The van der Waals surface area contributed by atoms with Crippen molar-refractivity contribution in [3.05, 3.63) is 0 Å². The Morgan fingerprint density at radius 1 is 0.708 bits per heavy atom. The normalized spacial score (nSPS) is 34.0. The van der Waals surface area contributed by atoms with Gasteiger partial charge in [0.15, 0.2) is 0 Å². The lowest BCUT2D eigenvalue weighted by molar-refractivity contribution is -0.0875. The Bertz CT molecular complexity index is 423. The summed E-state index contributed by atoms with van der Waals surface area (Å²) < 4.78 is 0. The third-order valence-corrected chi connectivity index (χ3v) is 8.63. The van der Waals surface area contributed by atoms with E-state index in [2.05, 4.69) is 37.5 Å². The van der Waals surface area contributed by atoms with E-state index >= 15 is 0 Å². The highest BCUT2D eigenvalue weighted by Gasteiger charge is 2.51. The van der Waals surface area contributed by atoms with Gasteiger partial charge in [-0.3, -0.25) is 0 Å². The molecule has 4 rings (SSSR count). The first-order chi connectivity index (χ1) is 11.4. The second kappa shape index (κ2) is 6.27. The first kappa shape index (κ1) is 17.3. The van der Waals surface area contributed by atoms with Gasteiger partial charge >= 0.3 is 0 Å². The summed E-state index contributed by atoms with van der Waals surface area (Å²) in [5.74, 6) is 1.95. The minimum Gasteiger partial charge on any atom is -0.301 e. The van der Waals surface area contributed by atoms with Gasteiger partial charge in [-0.05, 0) is 114 Å². The van der Waals surface area contributed by atoms with E-state index in [0.29, 0.717) is 0 Å². The Balaban J connectivity index is 1.21. The van der Waals surface area contributed by atoms with Gasteiger partial charge in [-0.1, -0.05) is 13.8 Å². The number of likely N-dealkylation sites (tertiary alicyclic amines) is 2. The van der Waals surface area contributed by atoms with Crippen LogP contribution in [0.2, 0.25) is 0 Å². The zero-order valence-electron chi connectivity index (χ0n) is 16.7. The molecule has 0 atom stereocenters. The lowest BCUT2D eigenvalue weighted by atomic mass is 9.54. The van der Waals surface area contributed by atoms with Gasteiger partial charge in [0, 0.05) is 12.1 Å². The Kier molecular flexibility index (Phi) is 4.53. The molecule has 4 aliphatic rings. The summed E-state index contributed by atoms with van der Waals surface area (Å²) in [6, 6.07) is 1.68. The van der Waals surface area contributed by atoms with E-state index in [4.69, 9.17) is 0 Å². The SMILES string of the molecule is CC(C)C1CC2(CCN(C3CC4(CCN(C(C)C)CC4)C3)CC2)C1. The molecule has 2 saturated carbocycles. The smallest absolute Gasteiger partial charge is 0.0106 e. The number of rotatable bonds is 3. The molecule has 2 saturated heterocycles. The summed E-state index contributed by atoms with van der Waals surface area (Å²) in [6.45, 7) is 15.1. The zero-order chi connectivity index (χ0) is 16.9. The Morgan fingerprint density at radius 3 is 1.71 bits per heavy atom. The molecule has 2 nitrogen and oxygen atoms in total. The van der Waals surface area contributed by atoms with Gasteiger partial charge < -0.3 is 9.80 Å². The average molecular weight is 333 g/mol. The summed E-state index contributed by atoms with van der Waals surface area (Å²) in [5.41, 5.74) is 1.51. The van der Waals surface area contributed by atoms with E-state index in [-0.39, 0.29) is 0 Å². The average Bonchev–Trinajstić information content (AvgIpc) is 2.50. The van der Waals surface area contributed by atoms with Crippen molar-refractivity contribution >= 4 is 0 Å². The topological polar surface area (TPSA) is 6.48 Å². The van der Waals surface area contributed by atoms with Crippen LogP contribution in [-0.2, 0) is 0 Å². The maximum absolute atomic E-state index is 2.88. The molecular weight excluding hydrogens is 292 g/mol. The third kappa shape index (κ3) is 3.07. The van der Waals surface area contributed by atoms with Gasteiger partial charge in [0.05, 0.1) is 0 Å². The molecule has 4 fully saturated rings. The van der Waals surface area contributed by atoms with Crippen LogP contribution in [0.5, 0.6) is 0 Å². The predicted molar refractivity (Wildman–Crippen MR) is 102 cm³/mol. The standard InChI is InChI=1S/C22H40N2/c1-17(2)19-13-21(14-19)7-11-24(12-8-21)20-15-22(16-20)5-9-23(10-6-22)18(3)4/h17-20H,5-16H2,1-4H3. The predicted octanol–water partition coefficient (Wildman–Crippen LogP) is 4.79. The molecule has 2 heterocycles. The van der Waals surface area contributed by atoms with E-state index in [1.807, 2.05) is 0 Å². The van der Waals surface area contributed by atoms with E-state index in [0.717, 1.165) is 34.7 Å². The highest BCUT2D eigenvalue weighted by atomic mass is 15.2. The number of piperidine rings is 2. The van der Waals surface area contributed by atoms with Crippen molar-refractivity contribution in [1.82, 2.24) is 9.80 Å². The maximum Gasteiger partial charge on any atom is 0.0106 e. The first-order valence-corrected chi connectivity index (χ1v) is 10.9. The van der Waals surface area contributed by atoms with Crippen molar-refractivity contribution in [2.45, 2.75) is 91.1 Å². The van der Waals surface area contributed by atoms with Gasteiger partial charge in [0.2, 0.25) is 0 Å². The molecule has 0 unspecified atom stereocenters. The van der Waals surface area contributed by atoms with E-state index in [1.54, 1.807) is 0 Å². The quantitative estimate of drug-likeness (QED) is 0.733. The molecular formula is C22H40N2. The van der Waals surface area contributed by atoms with Gasteiger partial charge in [-0.25, -0.2) is 0 Å². The maximum atomic E-state index is 2.88. The van der Waals surface area contributed by atoms with Crippen LogP contribution in [-0.4, -0.2) is 48.1 Å². The van der Waals surface area contributed by atoms with Crippen molar-refractivity contribution in [1.29, 1.82) is 0 Å². The molecule has 0 bridgehead atoms. The van der Waals surface area contributed by atoms with Gasteiger partial charge in [-0.15, -0.1) is 0 Å². The van der Waals surface area contributed by atoms with Crippen LogP contribution < -0.4 is 0 Å². The molecule has 2 aliphatic heterocycles.